The third-order valence-electron chi connectivity index (χ3n) is 3.53. The van der Waals surface area contributed by atoms with Crippen LogP contribution in [0.5, 0.6) is 5.88 Å². The van der Waals surface area contributed by atoms with E-state index in [0.717, 1.165) is 17.6 Å². The van der Waals surface area contributed by atoms with E-state index in [1.54, 1.807) is 7.11 Å². The zero-order valence-electron chi connectivity index (χ0n) is 10.9. The lowest BCUT2D eigenvalue weighted by atomic mass is 10.1. The van der Waals surface area contributed by atoms with Gasteiger partial charge in [0.2, 0.25) is 5.88 Å². The first-order chi connectivity index (χ1) is 8.83. The molecule has 0 amide bonds. The van der Waals surface area contributed by atoms with Crippen LogP contribution < -0.4 is 4.74 Å². The highest BCUT2D eigenvalue weighted by atomic mass is 79.9. The maximum atomic E-state index is 5.18. The number of ether oxygens (including phenoxy) is 1. The summed E-state index contributed by atoms with van der Waals surface area (Å²) in [5, 5.41) is 1.05. The number of hydrogen-bond donors (Lipinski definition) is 0. The summed E-state index contributed by atoms with van der Waals surface area (Å²) in [4.78, 5) is 7.05. The Morgan fingerprint density at radius 2 is 2.28 bits per heavy atom. The largest absolute Gasteiger partial charge is 0.481 e. The van der Waals surface area contributed by atoms with Crippen LogP contribution in [0.1, 0.15) is 31.4 Å². The number of rotatable bonds is 4. The van der Waals surface area contributed by atoms with Gasteiger partial charge >= 0.3 is 0 Å². The summed E-state index contributed by atoms with van der Waals surface area (Å²) in [5.41, 5.74) is 1.10. The molecule has 1 saturated heterocycles. The van der Waals surface area contributed by atoms with Crippen LogP contribution in [-0.2, 0) is 6.54 Å². The molecule has 0 spiro atoms. The molecule has 100 valence electrons. The van der Waals surface area contributed by atoms with Crippen molar-refractivity contribution in [2.24, 2.45) is 0 Å². The van der Waals surface area contributed by atoms with E-state index in [9.17, 15) is 0 Å². The van der Waals surface area contributed by atoms with E-state index >= 15 is 0 Å². The van der Waals surface area contributed by atoms with Crippen LogP contribution in [0.3, 0.4) is 0 Å². The Morgan fingerprint density at radius 3 is 3.06 bits per heavy atom. The number of pyridine rings is 1. The highest BCUT2D eigenvalue weighted by Crippen LogP contribution is 2.20. The van der Waals surface area contributed by atoms with E-state index in [1.807, 2.05) is 12.1 Å². The van der Waals surface area contributed by atoms with E-state index in [4.69, 9.17) is 4.74 Å². The van der Waals surface area contributed by atoms with Crippen LogP contribution in [0.4, 0.5) is 0 Å². The quantitative estimate of drug-likeness (QED) is 0.798. The van der Waals surface area contributed by atoms with Crippen molar-refractivity contribution in [2.75, 3.05) is 19.0 Å². The van der Waals surface area contributed by atoms with E-state index < -0.39 is 0 Å². The van der Waals surface area contributed by atoms with Crippen molar-refractivity contribution < 1.29 is 4.74 Å². The van der Waals surface area contributed by atoms with Crippen LogP contribution in [0.2, 0.25) is 0 Å². The number of aromatic nitrogens is 1. The molecule has 1 aromatic heterocycles. The average Bonchev–Trinajstić information content (AvgIpc) is 2.64. The van der Waals surface area contributed by atoms with Gasteiger partial charge in [-0.25, -0.2) is 4.98 Å². The van der Waals surface area contributed by atoms with Gasteiger partial charge in [0.1, 0.15) is 0 Å². The maximum absolute atomic E-state index is 5.18. The normalized spacial score (nSPS) is 21.6. The van der Waals surface area contributed by atoms with Gasteiger partial charge in [0.25, 0.3) is 0 Å². The second kappa shape index (κ2) is 7.10. The molecule has 2 rings (SSSR count). The molecule has 0 saturated carbocycles. The molecule has 0 aliphatic carbocycles. The van der Waals surface area contributed by atoms with Gasteiger partial charge in [-0.2, -0.15) is 0 Å². The molecule has 0 aromatic carbocycles. The predicted molar refractivity (Wildman–Crippen MR) is 77.2 cm³/mol. The molecule has 1 atom stereocenters. The van der Waals surface area contributed by atoms with Crippen LogP contribution in [0.15, 0.2) is 18.2 Å². The topological polar surface area (TPSA) is 25.4 Å². The molecule has 1 fully saturated rings. The molecule has 1 aliphatic rings. The molecular weight excluding hydrogens is 292 g/mol. The standard InChI is InChI=1S/C14H21BrN2O/c1-18-14-8-5-6-12(16-14)11-17-9-4-2-3-7-13(17)10-15/h5-6,8,13H,2-4,7,9-11H2,1H3. The number of hydrogen-bond acceptors (Lipinski definition) is 3. The summed E-state index contributed by atoms with van der Waals surface area (Å²) >= 11 is 3.64. The fourth-order valence-corrected chi connectivity index (χ4v) is 3.22. The molecule has 1 unspecified atom stereocenters. The van der Waals surface area contributed by atoms with Gasteiger partial charge in [-0.15, -0.1) is 0 Å². The van der Waals surface area contributed by atoms with Gasteiger partial charge in [0.15, 0.2) is 0 Å². The average molecular weight is 313 g/mol. The zero-order valence-corrected chi connectivity index (χ0v) is 12.5. The summed E-state index contributed by atoms with van der Waals surface area (Å²) < 4.78 is 5.18. The molecule has 2 heterocycles. The van der Waals surface area contributed by atoms with E-state index in [2.05, 4.69) is 31.9 Å². The monoisotopic (exact) mass is 312 g/mol. The molecular formula is C14H21BrN2O. The van der Waals surface area contributed by atoms with Crippen molar-refractivity contribution in [3.05, 3.63) is 23.9 Å². The number of nitrogens with zero attached hydrogens (tertiary/aromatic N) is 2. The summed E-state index contributed by atoms with van der Waals surface area (Å²) in [6.07, 6.45) is 5.28. The Bertz CT molecular complexity index is 373. The number of likely N-dealkylation sites (tertiary alicyclic amines) is 1. The van der Waals surface area contributed by atoms with Crippen molar-refractivity contribution in [3.63, 3.8) is 0 Å². The highest BCUT2D eigenvalue weighted by Gasteiger charge is 2.20. The van der Waals surface area contributed by atoms with Crippen molar-refractivity contribution in [1.82, 2.24) is 9.88 Å². The predicted octanol–water partition coefficient (Wildman–Crippen LogP) is 3.23. The van der Waals surface area contributed by atoms with Crippen molar-refractivity contribution >= 4 is 15.9 Å². The van der Waals surface area contributed by atoms with E-state index in [-0.39, 0.29) is 0 Å². The second-order valence-corrected chi connectivity index (χ2v) is 5.45. The third kappa shape index (κ3) is 3.69. The second-order valence-electron chi connectivity index (χ2n) is 4.80. The molecule has 0 radical (unpaired) electrons. The summed E-state index contributed by atoms with van der Waals surface area (Å²) in [6, 6.07) is 6.63. The zero-order chi connectivity index (χ0) is 12.8. The Morgan fingerprint density at radius 1 is 1.39 bits per heavy atom. The number of alkyl halides is 1. The summed E-state index contributed by atoms with van der Waals surface area (Å²) in [7, 11) is 1.67. The van der Waals surface area contributed by atoms with Crippen LogP contribution in [0, 0.1) is 0 Å². The Labute approximate surface area is 118 Å². The number of halogens is 1. The highest BCUT2D eigenvalue weighted by molar-refractivity contribution is 9.09. The first-order valence-corrected chi connectivity index (χ1v) is 7.75. The lowest BCUT2D eigenvalue weighted by Gasteiger charge is -2.28. The molecule has 4 heteroatoms. The number of methoxy groups -OCH3 is 1. The van der Waals surface area contributed by atoms with Crippen molar-refractivity contribution in [2.45, 2.75) is 38.3 Å². The van der Waals surface area contributed by atoms with Crippen LogP contribution in [-0.4, -0.2) is 34.9 Å². The van der Waals surface area contributed by atoms with Gasteiger partial charge < -0.3 is 4.74 Å². The maximum Gasteiger partial charge on any atom is 0.213 e. The van der Waals surface area contributed by atoms with Gasteiger partial charge in [0, 0.05) is 24.0 Å². The molecule has 0 N–H and O–H groups in total. The van der Waals surface area contributed by atoms with Crippen molar-refractivity contribution in [3.8, 4) is 5.88 Å². The lowest BCUT2D eigenvalue weighted by molar-refractivity contribution is 0.206. The molecule has 1 aromatic rings. The third-order valence-corrected chi connectivity index (χ3v) is 4.28. The molecule has 1 aliphatic heterocycles. The van der Waals surface area contributed by atoms with Crippen LogP contribution >= 0.6 is 15.9 Å². The van der Waals surface area contributed by atoms with E-state index in [1.165, 1.54) is 32.2 Å². The van der Waals surface area contributed by atoms with Gasteiger partial charge in [-0.1, -0.05) is 34.8 Å². The molecule has 18 heavy (non-hydrogen) atoms. The smallest absolute Gasteiger partial charge is 0.213 e. The lowest BCUT2D eigenvalue weighted by Crippen LogP contribution is -2.35. The fourth-order valence-electron chi connectivity index (χ4n) is 2.49. The van der Waals surface area contributed by atoms with Gasteiger partial charge in [0.05, 0.1) is 12.8 Å². The Hall–Kier alpha value is -0.610. The van der Waals surface area contributed by atoms with Gasteiger partial charge in [-0.3, -0.25) is 4.90 Å². The van der Waals surface area contributed by atoms with E-state index in [0.29, 0.717) is 11.9 Å². The van der Waals surface area contributed by atoms with Crippen molar-refractivity contribution in [1.29, 1.82) is 0 Å². The minimum absolute atomic E-state index is 0.639. The Balaban J connectivity index is 2.05. The minimum atomic E-state index is 0.639. The summed E-state index contributed by atoms with van der Waals surface area (Å²) in [6.45, 7) is 2.10. The SMILES string of the molecule is COc1cccc(CN2CCCCCC2CBr)n1. The Kier molecular flexibility index (Phi) is 5.45. The molecule has 3 nitrogen and oxygen atoms in total. The fraction of sp³-hybridized carbons (Fsp3) is 0.643. The first-order valence-electron chi connectivity index (χ1n) is 6.63. The minimum Gasteiger partial charge on any atom is -0.481 e. The first kappa shape index (κ1) is 13.8. The molecule has 0 bridgehead atoms. The van der Waals surface area contributed by atoms with Crippen LogP contribution in [0.25, 0.3) is 0 Å². The summed E-state index contributed by atoms with van der Waals surface area (Å²) in [5.74, 6) is 0.706. The van der Waals surface area contributed by atoms with Gasteiger partial charge in [-0.05, 0) is 25.5 Å².